The van der Waals surface area contributed by atoms with E-state index in [1.165, 1.54) is 6.92 Å². The van der Waals surface area contributed by atoms with E-state index in [0.29, 0.717) is 13.2 Å². The number of fused-ring (bicyclic) bond motifs is 1. The summed E-state index contributed by atoms with van der Waals surface area (Å²) in [5.74, 6) is -0.0987. The number of esters is 1. The lowest BCUT2D eigenvalue weighted by atomic mass is 10.0. The fraction of sp³-hybridized carbons (Fsp3) is 0.435. The molecular formula is C23H29NO5. The van der Waals surface area contributed by atoms with Gasteiger partial charge in [-0.3, -0.25) is 4.79 Å². The van der Waals surface area contributed by atoms with Gasteiger partial charge in [-0.25, -0.2) is 0 Å². The smallest absolute Gasteiger partial charge is 0.302 e. The number of hydrogen-bond donors (Lipinski definition) is 2. The third-order valence-corrected chi connectivity index (χ3v) is 4.76. The molecule has 2 N–H and O–H groups in total. The zero-order valence-electron chi connectivity index (χ0n) is 17.2. The van der Waals surface area contributed by atoms with E-state index in [1.54, 1.807) is 0 Å². The van der Waals surface area contributed by atoms with Gasteiger partial charge in [-0.15, -0.1) is 0 Å². The number of carbonyl (C=O) groups excluding carboxylic acids is 1. The molecule has 29 heavy (non-hydrogen) atoms. The minimum atomic E-state index is -0.621. The molecule has 156 valence electrons. The second-order valence-corrected chi connectivity index (χ2v) is 7.73. The van der Waals surface area contributed by atoms with Crippen molar-refractivity contribution in [3.63, 3.8) is 0 Å². The highest BCUT2D eigenvalue weighted by molar-refractivity contribution is 5.65. The van der Waals surface area contributed by atoms with E-state index in [9.17, 15) is 9.90 Å². The molecule has 2 aromatic carbocycles. The zero-order chi connectivity index (χ0) is 20.9. The maximum absolute atomic E-state index is 10.9. The first-order chi connectivity index (χ1) is 13.8. The predicted octanol–water partition coefficient (Wildman–Crippen LogP) is 3.26. The van der Waals surface area contributed by atoms with Gasteiger partial charge in [-0.2, -0.15) is 0 Å². The Hall–Kier alpha value is -2.41. The third-order valence-electron chi connectivity index (χ3n) is 4.76. The number of aliphatic hydroxyl groups excluding tert-OH is 1. The number of aliphatic hydroxyl groups is 1. The molecule has 2 aromatic rings. The fourth-order valence-corrected chi connectivity index (χ4v) is 3.21. The van der Waals surface area contributed by atoms with Crippen molar-refractivity contribution >= 4 is 5.97 Å². The molecule has 0 aromatic heterocycles. The summed E-state index contributed by atoms with van der Waals surface area (Å²) in [6.07, 6.45) is 0.215. The maximum Gasteiger partial charge on any atom is 0.302 e. The topological polar surface area (TPSA) is 77.0 Å². The van der Waals surface area contributed by atoms with Crippen LogP contribution in [0.1, 0.15) is 49.1 Å². The Morgan fingerprint density at radius 3 is 2.83 bits per heavy atom. The van der Waals surface area contributed by atoms with E-state index in [0.717, 1.165) is 41.0 Å². The first-order valence-electron chi connectivity index (χ1n) is 9.88. The maximum atomic E-state index is 10.9. The lowest BCUT2D eigenvalue weighted by Gasteiger charge is -2.33. The molecule has 0 saturated heterocycles. The zero-order valence-corrected chi connectivity index (χ0v) is 17.2. The quantitative estimate of drug-likeness (QED) is 0.524. The molecule has 0 radical (unpaired) electrons. The highest BCUT2D eigenvalue weighted by atomic mass is 16.7. The highest BCUT2D eigenvalue weighted by Gasteiger charge is 2.27. The summed E-state index contributed by atoms with van der Waals surface area (Å²) in [7, 11) is 0. The van der Waals surface area contributed by atoms with Crippen LogP contribution in [0.3, 0.4) is 0 Å². The molecule has 6 heteroatoms. The summed E-state index contributed by atoms with van der Waals surface area (Å²) in [6.45, 7) is 7.13. The van der Waals surface area contributed by atoms with Crippen LogP contribution in [0.15, 0.2) is 42.5 Å². The van der Waals surface area contributed by atoms with Crippen LogP contribution in [0.5, 0.6) is 5.75 Å². The lowest BCUT2D eigenvalue weighted by Crippen LogP contribution is -2.35. The van der Waals surface area contributed by atoms with Gasteiger partial charge in [0.25, 0.3) is 0 Å². The van der Waals surface area contributed by atoms with Crippen molar-refractivity contribution in [2.75, 3.05) is 13.1 Å². The van der Waals surface area contributed by atoms with Crippen molar-refractivity contribution in [2.24, 2.45) is 0 Å². The van der Waals surface area contributed by atoms with Crippen molar-refractivity contribution in [2.45, 2.75) is 52.3 Å². The average Bonchev–Trinajstić information content (AvgIpc) is 2.69. The second-order valence-electron chi connectivity index (χ2n) is 7.73. The van der Waals surface area contributed by atoms with Crippen LogP contribution < -0.4 is 10.1 Å². The molecule has 1 aliphatic rings. The van der Waals surface area contributed by atoms with Crippen molar-refractivity contribution in [1.82, 2.24) is 5.32 Å². The Bertz CT molecular complexity index is 849. The van der Waals surface area contributed by atoms with Crippen molar-refractivity contribution in [3.05, 3.63) is 64.7 Å². The van der Waals surface area contributed by atoms with Gasteiger partial charge in [0, 0.05) is 32.9 Å². The number of ether oxygens (including phenoxy) is 3. The molecule has 1 heterocycles. The molecule has 0 unspecified atom stereocenters. The van der Waals surface area contributed by atoms with Crippen LogP contribution in [-0.4, -0.2) is 30.0 Å². The molecule has 0 amide bonds. The number of nitrogens with one attached hydrogen (secondary N) is 1. The standard InChI is InChI=1S/C23H29NO5/c1-16(25)27-14-18-6-4-5-17(11-18)9-10-24-13-21(26)19-7-8-22-20(12-19)15-28-23(2,3)29-22/h4-8,11-12,21,24,26H,9-10,13-15H2,1-3H3/t21-/m0/s1. The molecule has 6 nitrogen and oxygen atoms in total. The second kappa shape index (κ2) is 9.39. The van der Waals surface area contributed by atoms with Gasteiger partial charge in [-0.05, 0) is 41.8 Å². The Labute approximate surface area is 171 Å². The van der Waals surface area contributed by atoms with Gasteiger partial charge in [-0.1, -0.05) is 30.3 Å². The number of benzene rings is 2. The normalized spacial score (nSPS) is 15.9. The Kier molecular flexibility index (Phi) is 6.90. The SMILES string of the molecule is CC(=O)OCc1cccc(CCNC[C@H](O)c2ccc3c(c2)COC(C)(C)O3)c1. The van der Waals surface area contributed by atoms with Crippen LogP contribution in [-0.2, 0) is 33.9 Å². The third kappa shape index (κ3) is 6.29. The average molecular weight is 399 g/mol. The van der Waals surface area contributed by atoms with Crippen molar-refractivity contribution in [3.8, 4) is 5.75 Å². The summed E-state index contributed by atoms with van der Waals surface area (Å²) < 4.78 is 16.5. The molecule has 0 saturated carbocycles. The van der Waals surface area contributed by atoms with Gasteiger partial charge < -0.3 is 24.6 Å². The minimum absolute atomic E-state index is 0.282. The number of rotatable bonds is 8. The van der Waals surface area contributed by atoms with Crippen LogP contribution >= 0.6 is 0 Å². The molecular weight excluding hydrogens is 370 g/mol. The molecule has 1 atom stereocenters. The van der Waals surface area contributed by atoms with E-state index in [-0.39, 0.29) is 12.6 Å². The summed E-state index contributed by atoms with van der Waals surface area (Å²) in [5.41, 5.74) is 3.92. The Morgan fingerprint density at radius 1 is 1.24 bits per heavy atom. The van der Waals surface area contributed by atoms with E-state index in [2.05, 4.69) is 5.32 Å². The molecule has 0 fully saturated rings. The van der Waals surface area contributed by atoms with Crippen LogP contribution in [0.2, 0.25) is 0 Å². The van der Waals surface area contributed by atoms with E-state index < -0.39 is 11.9 Å². The molecule has 0 aliphatic carbocycles. The van der Waals surface area contributed by atoms with Gasteiger partial charge in [0.2, 0.25) is 5.79 Å². The first-order valence-corrected chi connectivity index (χ1v) is 9.88. The Balaban J connectivity index is 1.46. The van der Waals surface area contributed by atoms with Gasteiger partial charge in [0.1, 0.15) is 12.4 Å². The van der Waals surface area contributed by atoms with E-state index in [1.807, 2.05) is 56.3 Å². The number of hydrogen-bond acceptors (Lipinski definition) is 6. The summed E-state index contributed by atoms with van der Waals surface area (Å²) in [4.78, 5) is 10.9. The van der Waals surface area contributed by atoms with Crippen molar-refractivity contribution < 1.29 is 24.1 Å². The molecule has 0 spiro atoms. The van der Waals surface area contributed by atoms with Gasteiger partial charge in [0.15, 0.2) is 0 Å². The van der Waals surface area contributed by atoms with Gasteiger partial charge >= 0.3 is 5.97 Å². The first kappa shape index (κ1) is 21.3. The summed E-state index contributed by atoms with van der Waals surface area (Å²) >= 11 is 0. The van der Waals surface area contributed by atoms with E-state index in [4.69, 9.17) is 14.2 Å². The monoisotopic (exact) mass is 399 g/mol. The highest BCUT2D eigenvalue weighted by Crippen LogP contribution is 2.32. The summed E-state index contributed by atoms with van der Waals surface area (Å²) in [5, 5.41) is 13.8. The van der Waals surface area contributed by atoms with Crippen LogP contribution in [0.25, 0.3) is 0 Å². The molecule has 1 aliphatic heterocycles. The molecule has 0 bridgehead atoms. The largest absolute Gasteiger partial charge is 0.463 e. The summed E-state index contributed by atoms with van der Waals surface area (Å²) in [6, 6.07) is 13.7. The van der Waals surface area contributed by atoms with Gasteiger partial charge in [0.05, 0.1) is 12.7 Å². The fourth-order valence-electron chi connectivity index (χ4n) is 3.21. The Morgan fingerprint density at radius 2 is 2.03 bits per heavy atom. The predicted molar refractivity (Wildman–Crippen MR) is 109 cm³/mol. The van der Waals surface area contributed by atoms with Crippen LogP contribution in [0.4, 0.5) is 0 Å². The van der Waals surface area contributed by atoms with Crippen LogP contribution in [0, 0.1) is 0 Å². The number of carbonyl (C=O) groups is 1. The lowest BCUT2D eigenvalue weighted by molar-refractivity contribution is -0.180. The van der Waals surface area contributed by atoms with E-state index >= 15 is 0 Å². The van der Waals surface area contributed by atoms with Crippen molar-refractivity contribution in [1.29, 1.82) is 0 Å². The molecule has 3 rings (SSSR count). The minimum Gasteiger partial charge on any atom is -0.463 e.